The SMILES string of the molecule is COc1ccccc1NS(=O)(=O)c1cc(C(=O)N[C@]2(C)CCOC2)ccc1C. The van der Waals surface area contributed by atoms with Crippen LogP contribution in [0.15, 0.2) is 47.4 Å². The van der Waals surface area contributed by atoms with Crippen molar-refractivity contribution in [3.05, 3.63) is 53.6 Å². The summed E-state index contributed by atoms with van der Waals surface area (Å²) in [5, 5.41) is 2.94. The molecule has 0 bridgehead atoms. The van der Waals surface area contributed by atoms with E-state index in [-0.39, 0.29) is 16.4 Å². The van der Waals surface area contributed by atoms with Crippen molar-refractivity contribution in [1.29, 1.82) is 0 Å². The molecule has 2 aromatic carbocycles. The molecule has 0 saturated carbocycles. The summed E-state index contributed by atoms with van der Waals surface area (Å²) in [6.07, 6.45) is 0.713. The van der Waals surface area contributed by atoms with Crippen LogP contribution in [0.2, 0.25) is 0 Å². The van der Waals surface area contributed by atoms with Crippen molar-refractivity contribution in [2.75, 3.05) is 25.0 Å². The molecular weight excluding hydrogens is 380 g/mol. The molecule has 0 aliphatic carbocycles. The van der Waals surface area contributed by atoms with E-state index in [0.29, 0.717) is 36.6 Å². The minimum absolute atomic E-state index is 0.0406. The molecule has 1 fully saturated rings. The number of hydrogen-bond acceptors (Lipinski definition) is 5. The van der Waals surface area contributed by atoms with Crippen molar-refractivity contribution >= 4 is 21.6 Å². The maximum Gasteiger partial charge on any atom is 0.262 e. The summed E-state index contributed by atoms with van der Waals surface area (Å²) >= 11 is 0. The van der Waals surface area contributed by atoms with Gasteiger partial charge in [-0.2, -0.15) is 0 Å². The molecule has 2 N–H and O–H groups in total. The highest BCUT2D eigenvalue weighted by atomic mass is 32.2. The van der Waals surface area contributed by atoms with Crippen molar-refractivity contribution in [1.82, 2.24) is 5.32 Å². The van der Waals surface area contributed by atoms with Crippen LogP contribution < -0.4 is 14.8 Å². The molecule has 1 atom stereocenters. The van der Waals surface area contributed by atoms with Crippen molar-refractivity contribution in [2.24, 2.45) is 0 Å². The van der Waals surface area contributed by atoms with Crippen molar-refractivity contribution in [2.45, 2.75) is 30.7 Å². The lowest BCUT2D eigenvalue weighted by Gasteiger charge is -2.23. The fourth-order valence-electron chi connectivity index (χ4n) is 3.07. The van der Waals surface area contributed by atoms with Gasteiger partial charge in [-0.1, -0.05) is 18.2 Å². The maximum absolute atomic E-state index is 13.0. The summed E-state index contributed by atoms with van der Waals surface area (Å²) in [5.41, 5.74) is 0.694. The molecule has 2 aromatic rings. The van der Waals surface area contributed by atoms with Gasteiger partial charge in [0.05, 0.1) is 29.8 Å². The van der Waals surface area contributed by atoms with Gasteiger partial charge in [-0.3, -0.25) is 9.52 Å². The van der Waals surface area contributed by atoms with Crippen LogP contribution in [0.4, 0.5) is 5.69 Å². The zero-order valence-electron chi connectivity index (χ0n) is 16.1. The maximum atomic E-state index is 13.0. The normalized spacial score (nSPS) is 19.2. The van der Waals surface area contributed by atoms with E-state index in [1.54, 1.807) is 43.3 Å². The summed E-state index contributed by atoms with van der Waals surface area (Å²) in [7, 11) is -2.44. The number of carbonyl (C=O) groups excluding carboxylic acids is 1. The number of rotatable bonds is 6. The molecule has 1 aliphatic rings. The van der Waals surface area contributed by atoms with E-state index in [2.05, 4.69) is 10.0 Å². The molecule has 1 amide bonds. The van der Waals surface area contributed by atoms with E-state index >= 15 is 0 Å². The number of amides is 1. The van der Waals surface area contributed by atoms with E-state index in [4.69, 9.17) is 9.47 Å². The van der Waals surface area contributed by atoms with Crippen LogP contribution in [0.3, 0.4) is 0 Å². The van der Waals surface area contributed by atoms with Gasteiger partial charge in [0, 0.05) is 12.2 Å². The molecular formula is C20H24N2O5S. The molecule has 0 spiro atoms. The Balaban J connectivity index is 1.89. The first-order valence-electron chi connectivity index (χ1n) is 8.91. The quantitative estimate of drug-likeness (QED) is 0.772. The molecule has 0 unspecified atom stereocenters. The molecule has 1 aliphatic heterocycles. The van der Waals surface area contributed by atoms with Crippen molar-refractivity contribution in [3.8, 4) is 5.75 Å². The molecule has 150 valence electrons. The van der Waals surface area contributed by atoms with Gasteiger partial charge in [-0.25, -0.2) is 8.42 Å². The number of hydrogen-bond donors (Lipinski definition) is 2. The van der Waals surface area contributed by atoms with E-state index in [1.165, 1.54) is 13.2 Å². The Bertz CT molecular complexity index is 982. The first-order chi connectivity index (χ1) is 13.2. The van der Waals surface area contributed by atoms with Gasteiger partial charge in [0.25, 0.3) is 15.9 Å². The summed E-state index contributed by atoms with van der Waals surface area (Å²) < 4.78 is 39.0. The lowest BCUT2D eigenvalue weighted by atomic mass is 10.0. The van der Waals surface area contributed by atoms with Crippen LogP contribution in [0.1, 0.15) is 29.3 Å². The number of carbonyl (C=O) groups is 1. The van der Waals surface area contributed by atoms with Gasteiger partial charge in [0.1, 0.15) is 5.75 Å². The van der Waals surface area contributed by atoms with Crippen molar-refractivity contribution < 1.29 is 22.7 Å². The van der Waals surface area contributed by atoms with Gasteiger partial charge in [-0.15, -0.1) is 0 Å². The van der Waals surface area contributed by atoms with E-state index in [1.807, 2.05) is 6.92 Å². The van der Waals surface area contributed by atoms with Crippen LogP contribution in [-0.4, -0.2) is 40.2 Å². The number of ether oxygens (including phenoxy) is 2. The van der Waals surface area contributed by atoms with Gasteiger partial charge in [-0.05, 0) is 50.1 Å². The third-order valence-corrected chi connectivity index (χ3v) is 6.23. The van der Waals surface area contributed by atoms with Gasteiger partial charge < -0.3 is 14.8 Å². The van der Waals surface area contributed by atoms with E-state index in [0.717, 1.165) is 0 Å². The molecule has 28 heavy (non-hydrogen) atoms. The Morgan fingerprint density at radius 3 is 2.64 bits per heavy atom. The largest absolute Gasteiger partial charge is 0.495 e. The Morgan fingerprint density at radius 2 is 1.96 bits per heavy atom. The molecule has 3 rings (SSSR count). The second-order valence-corrected chi connectivity index (χ2v) is 8.75. The van der Waals surface area contributed by atoms with Crippen LogP contribution in [0, 0.1) is 6.92 Å². The van der Waals surface area contributed by atoms with Crippen LogP contribution in [0.25, 0.3) is 0 Å². The Kier molecular flexibility index (Phi) is 5.62. The summed E-state index contributed by atoms with van der Waals surface area (Å²) in [4.78, 5) is 12.7. The van der Waals surface area contributed by atoms with Crippen LogP contribution in [-0.2, 0) is 14.8 Å². The average Bonchev–Trinajstić information content (AvgIpc) is 3.08. The highest BCUT2D eigenvalue weighted by Crippen LogP contribution is 2.28. The first-order valence-corrected chi connectivity index (χ1v) is 10.4. The highest BCUT2D eigenvalue weighted by Gasteiger charge is 2.32. The summed E-state index contributed by atoms with van der Waals surface area (Å²) in [5.74, 6) is 0.0773. The fourth-order valence-corrected chi connectivity index (χ4v) is 4.41. The van der Waals surface area contributed by atoms with Crippen LogP contribution >= 0.6 is 0 Å². The molecule has 0 radical (unpaired) electrons. The number of para-hydroxylation sites is 2. The van der Waals surface area contributed by atoms with E-state index < -0.39 is 15.6 Å². The number of aryl methyl sites for hydroxylation is 1. The molecule has 1 saturated heterocycles. The third kappa shape index (κ3) is 4.28. The standard InChI is InChI=1S/C20H24N2O5S/c1-14-8-9-15(19(23)21-20(2)10-11-27-13-20)12-18(14)28(24,25)22-16-6-4-5-7-17(16)26-3/h4-9,12,22H,10-11,13H2,1-3H3,(H,21,23)/t20-/m1/s1. The number of benzene rings is 2. The minimum Gasteiger partial charge on any atom is -0.495 e. The van der Waals surface area contributed by atoms with Gasteiger partial charge in [0.2, 0.25) is 0 Å². The molecule has 8 heteroatoms. The number of nitrogens with one attached hydrogen (secondary N) is 2. The molecule has 7 nitrogen and oxygen atoms in total. The zero-order valence-corrected chi connectivity index (χ0v) is 16.9. The lowest BCUT2D eigenvalue weighted by Crippen LogP contribution is -2.46. The number of methoxy groups -OCH3 is 1. The van der Waals surface area contributed by atoms with Gasteiger partial charge in [0.15, 0.2) is 0 Å². The summed E-state index contributed by atoms with van der Waals surface area (Å²) in [6, 6.07) is 11.4. The summed E-state index contributed by atoms with van der Waals surface area (Å²) in [6.45, 7) is 4.62. The molecule has 0 aromatic heterocycles. The Morgan fingerprint density at radius 1 is 1.21 bits per heavy atom. The second kappa shape index (κ2) is 7.81. The number of anilines is 1. The monoisotopic (exact) mass is 404 g/mol. The molecule has 1 heterocycles. The topological polar surface area (TPSA) is 93.7 Å². The van der Waals surface area contributed by atoms with E-state index in [9.17, 15) is 13.2 Å². The second-order valence-electron chi connectivity index (χ2n) is 7.10. The fraction of sp³-hybridized carbons (Fsp3) is 0.350. The Hall–Kier alpha value is -2.58. The van der Waals surface area contributed by atoms with Gasteiger partial charge >= 0.3 is 0 Å². The third-order valence-electron chi connectivity index (χ3n) is 4.73. The Labute approximate surface area is 165 Å². The number of sulfonamides is 1. The minimum atomic E-state index is -3.91. The predicted molar refractivity (Wildman–Crippen MR) is 106 cm³/mol. The zero-order chi connectivity index (χ0) is 20.4. The lowest BCUT2D eigenvalue weighted by molar-refractivity contribution is 0.0889. The first kappa shape index (κ1) is 20.2. The van der Waals surface area contributed by atoms with Crippen LogP contribution in [0.5, 0.6) is 5.75 Å². The predicted octanol–water partition coefficient (Wildman–Crippen LogP) is 2.71. The smallest absolute Gasteiger partial charge is 0.262 e. The van der Waals surface area contributed by atoms with Crippen molar-refractivity contribution in [3.63, 3.8) is 0 Å². The average molecular weight is 404 g/mol. The highest BCUT2D eigenvalue weighted by molar-refractivity contribution is 7.92.